The van der Waals surface area contributed by atoms with Crippen LogP contribution in [-0.2, 0) is 20.9 Å². The summed E-state index contributed by atoms with van der Waals surface area (Å²) in [6.45, 7) is 12.0. The molecule has 2 atom stereocenters. The first-order chi connectivity index (χ1) is 15.3. The lowest BCUT2D eigenvalue weighted by atomic mass is 9.78. The lowest BCUT2D eigenvalue weighted by Gasteiger charge is -2.38. The van der Waals surface area contributed by atoms with E-state index in [0.717, 1.165) is 12.8 Å². The summed E-state index contributed by atoms with van der Waals surface area (Å²) in [5.74, 6) is -0.144. The van der Waals surface area contributed by atoms with Gasteiger partial charge in [-0.25, -0.2) is 4.79 Å². The second-order valence-electron chi connectivity index (χ2n) is 9.49. The lowest BCUT2D eigenvalue weighted by Crippen LogP contribution is -2.40. The molecule has 0 saturated heterocycles. The highest BCUT2D eigenvalue weighted by molar-refractivity contribution is 6.09. The molecule has 166 valence electrons. The Labute approximate surface area is 190 Å². The molecule has 0 saturated carbocycles. The van der Waals surface area contributed by atoms with Crippen molar-refractivity contribution in [1.29, 1.82) is 0 Å². The van der Waals surface area contributed by atoms with E-state index in [1.54, 1.807) is 6.92 Å². The molecule has 2 unspecified atom stereocenters. The molecule has 1 aliphatic rings. The number of allylic oxidation sites excluding steroid dienone is 1. The SMILES string of the molecule is C=C(C)C(=O)OC(C)(C)C1CC=C(C)C(OCc2cccc3ccc4ccccc4c23)C1. The molecule has 32 heavy (non-hydrogen) atoms. The van der Waals surface area contributed by atoms with E-state index < -0.39 is 5.60 Å². The number of hydrogen-bond acceptors (Lipinski definition) is 3. The van der Waals surface area contributed by atoms with Crippen molar-refractivity contribution >= 4 is 27.5 Å². The number of esters is 1. The minimum atomic E-state index is -0.579. The zero-order valence-electron chi connectivity index (χ0n) is 19.5. The van der Waals surface area contributed by atoms with Crippen LogP contribution >= 0.6 is 0 Å². The first-order valence-electron chi connectivity index (χ1n) is 11.3. The number of carbonyl (C=O) groups excluding carboxylic acids is 1. The second kappa shape index (κ2) is 8.91. The fourth-order valence-corrected chi connectivity index (χ4v) is 4.62. The van der Waals surface area contributed by atoms with Crippen molar-refractivity contribution in [3.63, 3.8) is 0 Å². The van der Waals surface area contributed by atoms with Gasteiger partial charge in [-0.05, 0) is 73.2 Å². The molecule has 4 rings (SSSR count). The molecule has 0 radical (unpaired) electrons. The monoisotopic (exact) mass is 428 g/mol. The highest BCUT2D eigenvalue weighted by atomic mass is 16.6. The average Bonchev–Trinajstić information content (AvgIpc) is 2.77. The van der Waals surface area contributed by atoms with E-state index in [2.05, 4.69) is 74.2 Å². The van der Waals surface area contributed by atoms with Crippen LogP contribution in [0.2, 0.25) is 0 Å². The average molecular weight is 429 g/mol. The Bertz CT molecular complexity index is 1200. The molecule has 3 aromatic rings. The molecule has 0 spiro atoms. The van der Waals surface area contributed by atoms with E-state index in [1.807, 2.05) is 13.8 Å². The molecule has 0 bridgehead atoms. The summed E-state index contributed by atoms with van der Waals surface area (Å²) in [5.41, 5.74) is 2.29. The van der Waals surface area contributed by atoms with Gasteiger partial charge in [0.15, 0.2) is 0 Å². The molecule has 0 aromatic heterocycles. The molecule has 3 aromatic carbocycles. The van der Waals surface area contributed by atoms with Gasteiger partial charge in [-0.3, -0.25) is 0 Å². The smallest absolute Gasteiger partial charge is 0.333 e. The third-order valence-corrected chi connectivity index (χ3v) is 6.71. The maximum Gasteiger partial charge on any atom is 0.333 e. The van der Waals surface area contributed by atoms with Gasteiger partial charge in [0.2, 0.25) is 0 Å². The quantitative estimate of drug-likeness (QED) is 0.181. The predicted molar refractivity (Wildman–Crippen MR) is 131 cm³/mol. The number of fused-ring (bicyclic) bond motifs is 3. The second-order valence-corrected chi connectivity index (χ2v) is 9.49. The number of hydrogen-bond donors (Lipinski definition) is 0. The van der Waals surface area contributed by atoms with Crippen molar-refractivity contribution in [3.05, 3.63) is 84.0 Å². The number of benzene rings is 3. The van der Waals surface area contributed by atoms with Gasteiger partial charge in [-0.15, -0.1) is 0 Å². The van der Waals surface area contributed by atoms with Crippen molar-refractivity contribution in [2.75, 3.05) is 0 Å². The number of carbonyl (C=O) groups is 1. The highest BCUT2D eigenvalue weighted by Crippen LogP contribution is 2.37. The standard InChI is InChI=1S/C29H32O3/c1-19(2)28(30)32-29(4,5)24-16-13-20(3)26(17-24)31-18-23-11-8-10-22-15-14-21-9-6-7-12-25(21)27(22)23/h6-15,24,26H,1,16-18H2,2-5H3. The van der Waals surface area contributed by atoms with Crippen molar-refractivity contribution in [2.45, 2.75) is 58.8 Å². The Morgan fingerprint density at radius 1 is 1.06 bits per heavy atom. The van der Waals surface area contributed by atoms with Crippen molar-refractivity contribution in [2.24, 2.45) is 5.92 Å². The van der Waals surface area contributed by atoms with Gasteiger partial charge in [0, 0.05) is 11.5 Å². The lowest BCUT2D eigenvalue weighted by molar-refractivity contribution is -0.158. The van der Waals surface area contributed by atoms with Gasteiger partial charge in [-0.1, -0.05) is 67.3 Å². The molecule has 0 fully saturated rings. The molecule has 0 N–H and O–H groups in total. The van der Waals surface area contributed by atoms with Crippen LogP contribution in [-0.4, -0.2) is 17.7 Å². The van der Waals surface area contributed by atoms with Gasteiger partial charge in [-0.2, -0.15) is 0 Å². The van der Waals surface area contributed by atoms with E-state index in [1.165, 1.54) is 32.7 Å². The number of rotatable bonds is 6. The van der Waals surface area contributed by atoms with Crippen molar-refractivity contribution < 1.29 is 14.3 Å². The largest absolute Gasteiger partial charge is 0.456 e. The molecule has 1 aliphatic carbocycles. The van der Waals surface area contributed by atoms with Crippen LogP contribution < -0.4 is 0 Å². The van der Waals surface area contributed by atoms with Gasteiger partial charge in [0.05, 0.1) is 12.7 Å². The van der Waals surface area contributed by atoms with E-state index in [-0.39, 0.29) is 18.0 Å². The first-order valence-corrected chi connectivity index (χ1v) is 11.3. The van der Waals surface area contributed by atoms with E-state index in [9.17, 15) is 4.79 Å². The maximum absolute atomic E-state index is 12.1. The zero-order valence-corrected chi connectivity index (χ0v) is 19.5. The number of ether oxygens (including phenoxy) is 2. The third-order valence-electron chi connectivity index (χ3n) is 6.71. The molecule has 0 aliphatic heterocycles. The minimum absolute atomic E-state index is 0.00166. The zero-order chi connectivity index (χ0) is 22.9. The van der Waals surface area contributed by atoms with Gasteiger partial charge >= 0.3 is 5.97 Å². The van der Waals surface area contributed by atoms with E-state index >= 15 is 0 Å². The molecule has 0 amide bonds. The van der Waals surface area contributed by atoms with Crippen LogP contribution in [0.1, 0.15) is 46.1 Å². The summed E-state index contributed by atoms with van der Waals surface area (Å²) in [4.78, 5) is 12.1. The van der Waals surface area contributed by atoms with Gasteiger partial charge in [0.25, 0.3) is 0 Å². The van der Waals surface area contributed by atoms with Gasteiger partial charge in [0.1, 0.15) is 5.60 Å². The van der Waals surface area contributed by atoms with Crippen LogP contribution in [0.5, 0.6) is 0 Å². The van der Waals surface area contributed by atoms with Crippen molar-refractivity contribution in [3.8, 4) is 0 Å². The van der Waals surface area contributed by atoms with Crippen LogP contribution in [0.4, 0.5) is 0 Å². The van der Waals surface area contributed by atoms with Crippen LogP contribution in [0, 0.1) is 5.92 Å². The first kappa shape index (κ1) is 22.3. The fourth-order valence-electron chi connectivity index (χ4n) is 4.62. The van der Waals surface area contributed by atoms with Gasteiger partial charge < -0.3 is 9.47 Å². The molecule has 3 heteroatoms. The predicted octanol–water partition coefficient (Wildman–Crippen LogP) is 7.13. The van der Waals surface area contributed by atoms with E-state index in [0.29, 0.717) is 12.2 Å². The Balaban J connectivity index is 1.55. The van der Waals surface area contributed by atoms with E-state index in [4.69, 9.17) is 9.47 Å². The summed E-state index contributed by atoms with van der Waals surface area (Å²) in [6.07, 6.45) is 3.93. The molecular weight excluding hydrogens is 396 g/mol. The third kappa shape index (κ3) is 4.49. The minimum Gasteiger partial charge on any atom is -0.456 e. The summed E-state index contributed by atoms with van der Waals surface area (Å²) in [6, 6.07) is 19.3. The Kier molecular flexibility index (Phi) is 6.21. The maximum atomic E-state index is 12.1. The summed E-state index contributed by atoms with van der Waals surface area (Å²) < 4.78 is 12.3. The summed E-state index contributed by atoms with van der Waals surface area (Å²) in [7, 11) is 0. The summed E-state index contributed by atoms with van der Waals surface area (Å²) >= 11 is 0. The Morgan fingerprint density at radius 3 is 2.56 bits per heavy atom. The summed E-state index contributed by atoms with van der Waals surface area (Å²) in [5, 5.41) is 4.98. The highest BCUT2D eigenvalue weighted by Gasteiger charge is 2.37. The van der Waals surface area contributed by atoms with Crippen LogP contribution in [0.3, 0.4) is 0 Å². The molecule has 3 nitrogen and oxygen atoms in total. The molecular formula is C29H32O3. The Hall–Kier alpha value is -2.91. The van der Waals surface area contributed by atoms with Crippen molar-refractivity contribution in [1.82, 2.24) is 0 Å². The molecule has 0 heterocycles. The fraction of sp³-hybridized carbons (Fsp3) is 0.345. The van der Waals surface area contributed by atoms with Crippen LogP contribution in [0.25, 0.3) is 21.5 Å². The normalized spacial score (nSPS) is 19.1. The van der Waals surface area contributed by atoms with Crippen LogP contribution in [0.15, 0.2) is 78.4 Å². The topological polar surface area (TPSA) is 35.5 Å². The Morgan fingerprint density at radius 2 is 1.78 bits per heavy atom.